The SMILES string of the molecule is CCCn1nccc1C(=O)C(N)c1ccccc1. The van der Waals surface area contributed by atoms with Crippen molar-refractivity contribution < 1.29 is 4.79 Å². The number of benzene rings is 1. The van der Waals surface area contributed by atoms with E-state index in [1.54, 1.807) is 16.9 Å². The van der Waals surface area contributed by atoms with Gasteiger partial charge in [-0.1, -0.05) is 37.3 Å². The van der Waals surface area contributed by atoms with Crippen molar-refractivity contribution in [2.75, 3.05) is 0 Å². The van der Waals surface area contributed by atoms with Crippen LogP contribution in [0.4, 0.5) is 0 Å². The van der Waals surface area contributed by atoms with Crippen LogP contribution in [0.2, 0.25) is 0 Å². The number of nitrogens with two attached hydrogens (primary N) is 1. The minimum Gasteiger partial charge on any atom is -0.317 e. The van der Waals surface area contributed by atoms with E-state index in [1.165, 1.54) is 0 Å². The minimum absolute atomic E-state index is 0.0906. The van der Waals surface area contributed by atoms with Crippen molar-refractivity contribution in [3.8, 4) is 0 Å². The zero-order valence-electron chi connectivity index (χ0n) is 10.4. The number of hydrogen-bond donors (Lipinski definition) is 1. The summed E-state index contributed by atoms with van der Waals surface area (Å²) < 4.78 is 1.71. The van der Waals surface area contributed by atoms with E-state index in [9.17, 15) is 4.79 Å². The monoisotopic (exact) mass is 243 g/mol. The highest BCUT2D eigenvalue weighted by Gasteiger charge is 2.20. The molecular weight excluding hydrogens is 226 g/mol. The molecule has 0 spiro atoms. The van der Waals surface area contributed by atoms with Crippen molar-refractivity contribution in [1.82, 2.24) is 9.78 Å². The molecule has 0 aliphatic rings. The van der Waals surface area contributed by atoms with Gasteiger partial charge >= 0.3 is 0 Å². The predicted molar refractivity (Wildman–Crippen MR) is 70.2 cm³/mol. The summed E-state index contributed by atoms with van der Waals surface area (Å²) in [6.07, 6.45) is 2.57. The summed E-state index contributed by atoms with van der Waals surface area (Å²) in [5, 5.41) is 4.14. The van der Waals surface area contributed by atoms with Crippen molar-refractivity contribution in [3.63, 3.8) is 0 Å². The van der Waals surface area contributed by atoms with E-state index in [0.29, 0.717) is 5.69 Å². The Morgan fingerprint density at radius 3 is 2.72 bits per heavy atom. The molecule has 4 nitrogen and oxygen atoms in total. The topological polar surface area (TPSA) is 60.9 Å². The van der Waals surface area contributed by atoms with E-state index in [-0.39, 0.29) is 5.78 Å². The average Bonchev–Trinajstić information content (AvgIpc) is 2.87. The second-order valence-electron chi connectivity index (χ2n) is 4.19. The Kier molecular flexibility index (Phi) is 3.89. The lowest BCUT2D eigenvalue weighted by atomic mass is 10.0. The maximum absolute atomic E-state index is 12.3. The van der Waals surface area contributed by atoms with Gasteiger partial charge < -0.3 is 5.73 Å². The molecule has 2 aromatic rings. The zero-order chi connectivity index (χ0) is 13.0. The Morgan fingerprint density at radius 2 is 2.06 bits per heavy atom. The number of aryl methyl sites for hydroxylation is 1. The Balaban J connectivity index is 2.23. The number of ketones is 1. The lowest BCUT2D eigenvalue weighted by Gasteiger charge is -2.12. The van der Waals surface area contributed by atoms with Crippen molar-refractivity contribution >= 4 is 5.78 Å². The van der Waals surface area contributed by atoms with Crippen LogP contribution < -0.4 is 5.73 Å². The van der Waals surface area contributed by atoms with Gasteiger partial charge in [0, 0.05) is 12.7 Å². The number of carbonyl (C=O) groups is 1. The maximum atomic E-state index is 12.3. The molecule has 1 atom stereocenters. The molecule has 1 heterocycles. The highest BCUT2D eigenvalue weighted by molar-refractivity contribution is 5.99. The fourth-order valence-electron chi connectivity index (χ4n) is 1.90. The number of hydrogen-bond acceptors (Lipinski definition) is 3. The van der Waals surface area contributed by atoms with Crippen LogP contribution in [-0.4, -0.2) is 15.6 Å². The average molecular weight is 243 g/mol. The molecule has 2 N–H and O–H groups in total. The maximum Gasteiger partial charge on any atom is 0.201 e. The summed E-state index contributed by atoms with van der Waals surface area (Å²) in [6.45, 7) is 2.78. The molecule has 1 aromatic heterocycles. The number of aromatic nitrogens is 2. The van der Waals surface area contributed by atoms with E-state index < -0.39 is 6.04 Å². The van der Waals surface area contributed by atoms with Gasteiger partial charge in [-0.05, 0) is 18.1 Å². The van der Waals surface area contributed by atoms with Gasteiger partial charge in [-0.25, -0.2) is 0 Å². The highest BCUT2D eigenvalue weighted by atomic mass is 16.1. The Labute approximate surface area is 106 Å². The van der Waals surface area contributed by atoms with Crippen LogP contribution in [0.1, 0.15) is 35.4 Å². The van der Waals surface area contributed by atoms with Gasteiger partial charge in [-0.15, -0.1) is 0 Å². The molecule has 0 aliphatic carbocycles. The first-order valence-corrected chi connectivity index (χ1v) is 6.10. The molecule has 4 heteroatoms. The van der Waals surface area contributed by atoms with Crippen LogP contribution in [0.3, 0.4) is 0 Å². The van der Waals surface area contributed by atoms with Crippen LogP contribution in [0.15, 0.2) is 42.6 Å². The second kappa shape index (κ2) is 5.60. The standard InChI is InChI=1S/C14H17N3O/c1-2-10-17-12(8-9-16-17)14(18)13(15)11-6-4-3-5-7-11/h3-9,13H,2,10,15H2,1H3. The molecule has 0 bridgehead atoms. The van der Waals surface area contributed by atoms with Gasteiger partial charge in [0.2, 0.25) is 5.78 Å². The third kappa shape index (κ3) is 2.49. The molecule has 0 aliphatic heterocycles. The summed E-state index contributed by atoms with van der Waals surface area (Å²) >= 11 is 0. The number of carbonyl (C=O) groups excluding carboxylic acids is 1. The minimum atomic E-state index is -0.626. The molecule has 94 valence electrons. The highest BCUT2D eigenvalue weighted by Crippen LogP contribution is 2.15. The van der Waals surface area contributed by atoms with Crippen molar-refractivity contribution in [2.45, 2.75) is 25.9 Å². The first-order valence-electron chi connectivity index (χ1n) is 6.10. The predicted octanol–water partition coefficient (Wildman–Crippen LogP) is 2.18. The van der Waals surface area contributed by atoms with Gasteiger partial charge in [0.15, 0.2) is 0 Å². The third-order valence-corrected chi connectivity index (χ3v) is 2.85. The van der Waals surface area contributed by atoms with Crippen LogP contribution in [0, 0.1) is 0 Å². The summed E-state index contributed by atoms with van der Waals surface area (Å²) in [5.41, 5.74) is 7.41. The molecule has 18 heavy (non-hydrogen) atoms. The molecule has 0 fully saturated rings. The van der Waals surface area contributed by atoms with Gasteiger partial charge in [-0.3, -0.25) is 9.48 Å². The summed E-state index contributed by atoms with van der Waals surface area (Å²) in [7, 11) is 0. The Morgan fingerprint density at radius 1 is 1.33 bits per heavy atom. The summed E-state index contributed by atoms with van der Waals surface area (Å²) in [4.78, 5) is 12.3. The van der Waals surface area contributed by atoms with Gasteiger partial charge in [0.25, 0.3) is 0 Å². The largest absolute Gasteiger partial charge is 0.317 e. The first kappa shape index (κ1) is 12.5. The van der Waals surface area contributed by atoms with Crippen molar-refractivity contribution in [2.24, 2.45) is 5.73 Å². The lowest BCUT2D eigenvalue weighted by Crippen LogP contribution is -2.24. The lowest BCUT2D eigenvalue weighted by molar-refractivity contribution is 0.0950. The van der Waals surface area contributed by atoms with Gasteiger partial charge in [0.05, 0.1) is 6.04 Å². The van der Waals surface area contributed by atoms with Crippen LogP contribution >= 0.6 is 0 Å². The first-order chi connectivity index (χ1) is 8.74. The van der Waals surface area contributed by atoms with Crippen molar-refractivity contribution in [3.05, 3.63) is 53.9 Å². The summed E-state index contributed by atoms with van der Waals surface area (Å²) in [5.74, 6) is -0.0906. The molecule has 0 saturated carbocycles. The van der Waals surface area contributed by atoms with Crippen LogP contribution in [0.25, 0.3) is 0 Å². The molecule has 0 amide bonds. The molecule has 0 radical (unpaired) electrons. The van der Waals surface area contributed by atoms with Crippen molar-refractivity contribution in [1.29, 1.82) is 0 Å². The fraction of sp³-hybridized carbons (Fsp3) is 0.286. The quantitative estimate of drug-likeness (QED) is 0.819. The van der Waals surface area contributed by atoms with E-state index in [1.807, 2.05) is 37.3 Å². The summed E-state index contributed by atoms with van der Waals surface area (Å²) in [6, 6.07) is 10.5. The fourth-order valence-corrected chi connectivity index (χ4v) is 1.90. The van der Waals surface area contributed by atoms with Crippen LogP contribution in [0.5, 0.6) is 0 Å². The number of rotatable bonds is 5. The molecule has 1 unspecified atom stereocenters. The third-order valence-electron chi connectivity index (χ3n) is 2.85. The normalized spacial score (nSPS) is 12.3. The Hall–Kier alpha value is -1.94. The number of nitrogens with zero attached hydrogens (tertiary/aromatic N) is 2. The second-order valence-corrected chi connectivity index (χ2v) is 4.19. The van der Waals surface area contributed by atoms with Gasteiger partial charge in [-0.2, -0.15) is 5.10 Å². The Bertz CT molecular complexity index is 519. The van der Waals surface area contributed by atoms with E-state index in [0.717, 1.165) is 18.5 Å². The molecular formula is C14H17N3O. The molecule has 2 rings (SSSR count). The zero-order valence-corrected chi connectivity index (χ0v) is 10.4. The molecule has 1 aromatic carbocycles. The van der Waals surface area contributed by atoms with E-state index in [4.69, 9.17) is 5.73 Å². The van der Waals surface area contributed by atoms with E-state index in [2.05, 4.69) is 5.10 Å². The van der Waals surface area contributed by atoms with Crippen LogP contribution in [-0.2, 0) is 6.54 Å². The van der Waals surface area contributed by atoms with Gasteiger partial charge in [0.1, 0.15) is 5.69 Å². The number of Topliss-reactive ketones (excluding diaryl/α,β-unsaturated/α-hetero) is 1. The van der Waals surface area contributed by atoms with E-state index >= 15 is 0 Å². The smallest absolute Gasteiger partial charge is 0.201 e. The molecule has 0 saturated heterocycles.